The average Bonchev–Trinajstić information content (AvgIpc) is 2.27. The van der Waals surface area contributed by atoms with E-state index in [1.165, 1.54) is 5.56 Å². The van der Waals surface area contributed by atoms with Gasteiger partial charge in [-0.15, -0.1) is 0 Å². The number of ether oxygens (including phenoxy) is 1. The second kappa shape index (κ2) is 6.81. The van der Waals surface area contributed by atoms with Gasteiger partial charge in [-0.2, -0.15) is 0 Å². The van der Waals surface area contributed by atoms with E-state index in [-0.39, 0.29) is 6.04 Å². The molecule has 0 spiro atoms. The Bertz CT molecular complexity index is 405. The molecule has 0 saturated heterocycles. The molecule has 1 aromatic rings. The van der Waals surface area contributed by atoms with E-state index in [9.17, 15) is 0 Å². The molecule has 2 nitrogen and oxygen atoms in total. The van der Waals surface area contributed by atoms with E-state index in [0.29, 0.717) is 11.6 Å². The molecule has 1 unspecified atom stereocenters. The van der Waals surface area contributed by atoms with Gasteiger partial charge in [-0.3, -0.25) is 0 Å². The van der Waals surface area contributed by atoms with Gasteiger partial charge in [-0.05, 0) is 43.4 Å². The quantitative estimate of drug-likeness (QED) is 0.853. The summed E-state index contributed by atoms with van der Waals surface area (Å²) in [4.78, 5) is 0. The molecule has 100 valence electrons. The molecular weight excluding hydrogens is 246 g/mol. The van der Waals surface area contributed by atoms with Crippen LogP contribution in [0.2, 0.25) is 0 Å². The van der Waals surface area contributed by atoms with Crippen LogP contribution < -0.4 is 10.5 Å². The Hall–Kier alpha value is -0.990. The Morgan fingerprint density at radius 3 is 2.39 bits per heavy atom. The number of hydrogen-bond donors (Lipinski definition) is 1. The lowest BCUT2D eigenvalue weighted by Crippen LogP contribution is -2.21. The van der Waals surface area contributed by atoms with Crippen LogP contribution in [-0.4, -0.2) is 12.6 Å². The molecule has 0 bridgehead atoms. The standard InChI is InChI=1S/C15H22ClNO/c1-5-14(17)8-13-6-10(2)15(11(3)7-13)18-9-12(4)16/h6-7,14H,4-5,8-9,17H2,1-3H3. The minimum atomic E-state index is 0.221. The lowest BCUT2D eigenvalue weighted by Gasteiger charge is -2.15. The molecule has 0 aliphatic rings. The second-order valence-corrected chi connectivity index (χ2v) is 5.27. The van der Waals surface area contributed by atoms with Crippen molar-refractivity contribution in [3.63, 3.8) is 0 Å². The maximum atomic E-state index is 5.98. The number of nitrogens with two attached hydrogens (primary N) is 1. The van der Waals surface area contributed by atoms with Gasteiger partial charge in [0.1, 0.15) is 12.4 Å². The average molecular weight is 268 g/mol. The summed E-state index contributed by atoms with van der Waals surface area (Å²) in [6.45, 7) is 10.2. The summed E-state index contributed by atoms with van der Waals surface area (Å²) in [6, 6.07) is 4.49. The van der Waals surface area contributed by atoms with E-state index >= 15 is 0 Å². The maximum absolute atomic E-state index is 5.98. The number of aryl methyl sites for hydroxylation is 2. The van der Waals surface area contributed by atoms with Crippen molar-refractivity contribution in [1.82, 2.24) is 0 Å². The van der Waals surface area contributed by atoms with Gasteiger partial charge < -0.3 is 10.5 Å². The van der Waals surface area contributed by atoms with Crippen LogP contribution in [0, 0.1) is 13.8 Å². The van der Waals surface area contributed by atoms with Crippen molar-refractivity contribution in [3.05, 3.63) is 40.4 Å². The molecule has 0 radical (unpaired) electrons. The highest BCUT2D eigenvalue weighted by Gasteiger charge is 2.09. The smallest absolute Gasteiger partial charge is 0.125 e. The molecule has 3 heteroatoms. The minimum Gasteiger partial charge on any atom is -0.487 e. The van der Waals surface area contributed by atoms with E-state index in [1.807, 2.05) is 13.8 Å². The summed E-state index contributed by atoms with van der Waals surface area (Å²) < 4.78 is 5.65. The molecule has 0 aromatic heterocycles. The Balaban J connectivity index is 2.86. The van der Waals surface area contributed by atoms with Gasteiger partial charge in [0.2, 0.25) is 0 Å². The van der Waals surface area contributed by atoms with Crippen LogP contribution >= 0.6 is 11.6 Å². The molecular formula is C15H22ClNO. The van der Waals surface area contributed by atoms with E-state index in [4.69, 9.17) is 22.1 Å². The number of rotatable bonds is 6. The summed E-state index contributed by atoms with van der Waals surface area (Å²) in [5.41, 5.74) is 9.48. The van der Waals surface area contributed by atoms with E-state index < -0.39 is 0 Å². The lowest BCUT2D eigenvalue weighted by molar-refractivity contribution is 0.354. The van der Waals surface area contributed by atoms with Crippen LogP contribution in [0.5, 0.6) is 5.75 Å². The van der Waals surface area contributed by atoms with Crippen molar-refractivity contribution < 1.29 is 4.74 Å². The first-order chi connectivity index (χ1) is 8.43. The number of hydrogen-bond acceptors (Lipinski definition) is 2. The predicted molar refractivity (Wildman–Crippen MR) is 78.4 cm³/mol. The summed E-state index contributed by atoms with van der Waals surface area (Å²) in [5, 5.41) is 0.505. The van der Waals surface area contributed by atoms with Gasteiger partial charge in [0.25, 0.3) is 0 Å². The molecule has 2 N–H and O–H groups in total. The fraction of sp³-hybridized carbons (Fsp3) is 0.467. The zero-order valence-electron chi connectivity index (χ0n) is 11.4. The summed E-state index contributed by atoms with van der Waals surface area (Å²) in [7, 11) is 0. The van der Waals surface area contributed by atoms with E-state index in [0.717, 1.165) is 29.7 Å². The van der Waals surface area contributed by atoms with Crippen LogP contribution in [0.15, 0.2) is 23.7 Å². The highest BCUT2D eigenvalue weighted by Crippen LogP contribution is 2.26. The first-order valence-electron chi connectivity index (χ1n) is 6.25. The van der Waals surface area contributed by atoms with Crippen molar-refractivity contribution in [3.8, 4) is 5.75 Å². The lowest BCUT2D eigenvalue weighted by atomic mass is 9.99. The summed E-state index contributed by atoms with van der Waals surface area (Å²) in [6.07, 6.45) is 1.89. The first kappa shape index (κ1) is 15.1. The van der Waals surface area contributed by atoms with Crippen LogP contribution in [0.1, 0.15) is 30.0 Å². The number of benzene rings is 1. The largest absolute Gasteiger partial charge is 0.487 e. The molecule has 1 aromatic carbocycles. The summed E-state index contributed by atoms with van der Waals surface area (Å²) >= 11 is 5.72. The fourth-order valence-corrected chi connectivity index (χ4v) is 2.04. The van der Waals surface area contributed by atoms with E-state index in [2.05, 4.69) is 25.6 Å². The third-order valence-electron chi connectivity index (χ3n) is 2.92. The van der Waals surface area contributed by atoms with Gasteiger partial charge in [0, 0.05) is 11.1 Å². The van der Waals surface area contributed by atoms with Crippen LogP contribution in [-0.2, 0) is 6.42 Å². The number of halogens is 1. The highest BCUT2D eigenvalue weighted by molar-refractivity contribution is 6.29. The predicted octanol–water partition coefficient (Wildman–Crippen LogP) is 3.71. The van der Waals surface area contributed by atoms with Gasteiger partial charge in [0.05, 0.1) is 0 Å². The molecule has 0 fully saturated rings. The summed E-state index contributed by atoms with van der Waals surface area (Å²) in [5.74, 6) is 0.894. The first-order valence-corrected chi connectivity index (χ1v) is 6.63. The molecule has 0 saturated carbocycles. The highest BCUT2D eigenvalue weighted by atomic mass is 35.5. The van der Waals surface area contributed by atoms with Crippen LogP contribution in [0.4, 0.5) is 0 Å². The van der Waals surface area contributed by atoms with Crippen LogP contribution in [0.3, 0.4) is 0 Å². The van der Waals surface area contributed by atoms with Crippen molar-refractivity contribution in [2.24, 2.45) is 5.73 Å². The minimum absolute atomic E-state index is 0.221. The Labute approximate surface area is 115 Å². The second-order valence-electron chi connectivity index (χ2n) is 4.74. The molecule has 1 rings (SSSR count). The fourth-order valence-electron chi connectivity index (χ4n) is 1.98. The molecule has 0 heterocycles. The molecule has 1 atom stereocenters. The van der Waals surface area contributed by atoms with Gasteiger partial charge in [-0.1, -0.05) is 37.2 Å². The van der Waals surface area contributed by atoms with Crippen molar-refractivity contribution in [2.45, 2.75) is 39.7 Å². The van der Waals surface area contributed by atoms with Crippen molar-refractivity contribution in [1.29, 1.82) is 0 Å². The van der Waals surface area contributed by atoms with Crippen molar-refractivity contribution in [2.75, 3.05) is 6.61 Å². The normalized spacial score (nSPS) is 12.3. The third kappa shape index (κ3) is 4.35. The van der Waals surface area contributed by atoms with Gasteiger partial charge >= 0.3 is 0 Å². The van der Waals surface area contributed by atoms with Crippen molar-refractivity contribution >= 4 is 11.6 Å². The maximum Gasteiger partial charge on any atom is 0.125 e. The Morgan fingerprint density at radius 1 is 1.39 bits per heavy atom. The Morgan fingerprint density at radius 2 is 1.94 bits per heavy atom. The molecule has 18 heavy (non-hydrogen) atoms. The molecule has 0 amide bonds. The van der Waals surface area contributed by atoms with E-state index in [1.54, 1.807) is 0 Å². The molecule has 0 aliphatic heterocycles. The zero-order chi connectivity index (χ0) is 13.7. The Kier molecular flexibility index (Phi) is 5.70. The van der Waals surface area contributed by atoms with Gasteiger partial charge in [-0.25, -0.2) is 0 Å². The van der Waals surface area contributed by atoms with Gasteiger partial charge in [0.15, 0.2) is 0 Å². The topological polar surface area (TPSA) is 35.2 Å². The van der Waals surface area contributed by atoms with Crippen LogP contribution in [0.25, 0.3) is 0 Å². The zero-order valence-corrected chi connectivity index (χ0v) is 12.2. The third-order valence-corrected chi connectivity index (χ3v) is 3.02. The monoisotopic (exact) mass is 267 g/mol. The molecule has 0 aliphatic carbocycles. The SMILES string of the molecule is C=C(Cl)COc1c(C)cc(CC(N)CC)cc1C.